The molecular weight excluding hydrogens is 392 g/mol. The molecule has 2 aliphatic carbocycles. The Labute approximate surface area is 184 Å². The molecule has 170 valence electrons. The number of nitrogens with zero attached hydrogens (tertiary/aromatic N) is 4. The van der Waals surface area contributed by atoms with Gasteiger partial charge < -0.3 is 20.3 Å². The molecule has 31 heavy (non-hydrogen) atoms. The van der Waals surface area contributed by atoms with Gasteiger partial charge in [0.15, 0.2) is 0 Å². The molecule has 2 aromatic rings. The van der Waals surface area contributed by atoms with Crippen LogP contribution < -0.4 is 10.6 Å². The third kappa shape index (κ3) is 4.71. The third-order valence-corrected chi connectivity index (χ3v) is 6.70. The average molecular weight is 429 g/mol. The maximum Gasteiger partial charge on any atom is 0.255 e. The van der Waals surface area contributed by atoms with Crippen LogP contribution in [0.2, 0.25) is 0 Å². The number of anilines is 1. The second-order valence-corrected chi connectivity index (χ2v) is 9.90. The predicted molar refractivity (Wildman–Crippen MR) is 123 cm³/mol. The molecule has 0 saturated heterocycles. The summed E-state index contributed by atoms with van der Waals surface area (Å²) in [6, 6.07) is 2.31. The summed E-state index contributed by atoms with van der Waals surface area (Å²) in [7, 11) is 7.91. The Kier molecular flexibility index (Phi) is 6.23. The summed E-state index contributed by atoms with van der Waals surface area (Å²) in [5.41, 5.74) is 1.82. The highest BCUT2D eigenvalue weighted by Crippen LogP contribution is 2.44. The van der Waals surface area contributed by atoms with Gasteiger partial charge in [-0.05, 0) is 72.3 Å². The number of pyridine rings is 1. The van der Waals surface area contributed by atoms with E-state index >= 15 is 0 Å². The molecule has 1 amide bonds. The van der Waals surface area contributed by atoms with Crippen molar-refractivity contribution < 1.29 is 9.90 Å². The third-order valence-electron chi connectivity index (χ3n) is 6.70. The predicted octanol–water partition coefficient (Wildman–Crippen LogP) is 2.30. The van der Waals surface area contributed by atoms with Gasteiger partial charge in [-0.3, -0.25) is 14.6 Å². The summed E-state index contributed by atoms with van der Waals surface area (Å²) in [5.74, 6) is 0.305. The van der Waals surface area contributed by atoms with E-state index in [1.54, 1.807) is 6.20 Å². The van der Waals surface area contributed by atoms with Crippen molar-refractivity contribution in [1.82, 2.24) is 24.7 Å². The van der Waals surface area contributed by atoms with E-state index in [0.29, 0.717) is 18.2 Å². The van der Waals surface area contributed by atoms with Gasteiger partial charge in [0.1, 0.15) is 5.65 Å². The molecule has 8 heteroatoms. The zero-order valence-electron chi connectivity index (χ0n) is 19.2. The molecule has 0 aromatic carbocycles. The molecule has 2 heterocycles. The molecule has 4 rings (SSSR count). The fraction of sp³-hybridized carbons (Fsp3) is 0.652. The highest BCUT2D eigenvalue weighted by molar-refractivity contribution is 6.06. The van der Waals surface area contributed by atoms with Crippen molar-refractivity contribution in [2.24, 2.45) is 5.92 Å². The van der Waals surface area contributed by atoms with Gasteiger partial charge >= 0.3 is 0 Å². The Balaban J connectivity index is 1.68. The summed E-state index contributed by atoms with van der Waals surface area (Å²) >= 11 is 0. The maximum absolute atomic E-state index is 13.0. The van der Waals surface area contributed by atoms with Gasteiger partial charge in [0.2, 0.25) is 0 Å². The van der Waals surface area contributed by atoms with E-state index in [0.717, 1.165) is 61.9 Å². The van der Waals surface area contributed by atoms with E-state index in [2.05, 4.69) is 31.2 Å². The number of amides is 1. The van der Waals surface area contributed by atoms with Crippen molar-refractivity contribution in [3.8, 4) is 0 Å². The minimum absolute atomic E-state index is 0.123. The van der Waals surface area contributed by atoms with Gasteiger partial charge in [-0.2, -0.15) is 0 Å². The van der Waals surface area contributed by atoms with Crippen molar-refractivity contribution in [1.29, 1.82) is 0 Å². The minimum Gasteiger partial charge on any atom is -0.390 e. The standard InChI is InChI=1S/C23H36N6O2/c1-27(2)14-25-22(30)18-13-24-21-17(8-11-29(21)15-28(3)4)20(18)26-19-7-10-23(31)9-5-6-16(19)12-23/h8,11,13,16,19,31H,5-7,9-10,12,14-15H2,1-4H3,(H,24,26)(H,25,30)/t16-,19-,23+/m0/s1. The highest BCUT2D eigenvalue weighted by atomic mass is 16.3. The molecular formula is C23H36N6O2. The monoisotopic (exact) mass is 428 g/mol. The molecule has 3 N–H and O–H groups in total. The summed E-state index contributed by atoms with van der Waals surface area (Å²) in [6.45, 7) is 1.19. The summed E-state index contributed by atoms with van der Waals surface area (Å²) in [5, 5.41) is 18.5. The molecule has 0 aliphatic heterocycles. The van der Waals surface area contributed by atoms with Crippen LogP contribution >= 0.6 is 0 Å². The van der Waals surface area contributed by atoms with Crippen LogP contribution in [-0.4, -0.2) is 76.9 Å². The van der Waals surface area contributed by atoms with Gasteiger partial charge in [-0.1, -0.05) is 6.42 Å². The van der Waals surface area contributed by atoms with Crippen LogP contribution in [0.1, 0.15) is 48.9 Å². The van der Waals surface area contributed by atoms with E-state index < -0.39 is 5.60 Å². The molecule has 2 saturated carbocycles. The molecule has 2 fully saturated rings. The van der Waals surface area contributed by atoms with Gasteiger partial charge in [-0.15, -0.1) is 0 Å². The molecule has 0 spiro atoms. The smallest absolute Gasteiger partial charge is 0.255 e. The van der Waals surface area contributed by atoms with Gasteiger partial charge in [-0.25, -0.2) is 4.98 Å². The number of carbonyl (C=O) groups excluding carboxylic acids is 1. The van der Waals surface area contributed by atoms with Crippen LogP contribution in [-0.2, 0) is 6.67 Å². The molecule has 2 aliphatic rings. The van der Waals surface area contributed by atoms with Crippen molar-refractivity contribution in [3.63, 3.8) is 0 Å². The van der Waals surface area contributed by atoms with Crippen molar-refractivity contribution >= 4 is 22.6 Å². The van der Waals surface area contributed by atoms with Gasteiger partial charge in [0.05, 0.1) is 30.2 Å². The number of fused-ring (bicyclic) bond motifs is 3. The molecule has 0 unspecified atom stereocenters. The number of aromatic nitrogens is 2. The Hall–Kier alpha value is -2.16. The Bertz CT molecular complexity index is 940. The molecule has 3 atom stereocenters. The number of hydrogen-bond acceptors (Lipinski definition) is 6. The van der Waals surface area contributed by atoms with Crippen LogP contribution in [0.3, 0.4) is 0 Å². The lowest BCUT2D eigenvalue weighted by molar-refractivity contribution is -0.0508. The zero-order valence-corrected chi connectivity index (χ0v) is 19.2. The second kappa shape index (κ2) is 8.76. The molecule has 8 nitrogen and oxygen atoms in total. The zero-order chi connectivity index (χ0) is 22.2. The van der Waals surface area contributed by atoms with E-state index in [1.165, 1.54) is 0 Å². The number of hydrogen-bond donors (Lipinski definition) is 3. The fourth-order valence-electron chi connectivity index (χ4n) is 5.20. The van der Waals surface area contributed by atoms with E-state index in [4.69, 9.17) is 0 Å². The number of rotatable bonds is 7. The summed E-state index contributed by atoms with van der Waals surface area (Å²) in [6.07, 6.45) is 9.43. The van der Waals surface area contributed by atoms with E-state index in [9.17, 15) is 9.90 Å². The summed E-state index contributed by atoms with van der Waals surface area (Å²) in [4.78, 5) is 21.7. The lowest BCUT2D eigenvalue weighted by Gasteiger charge is -2.46. The topological polar surface area (TPSA) is 85.7 Å². The maximum atomic E-state index is 13.0. The van der Waals surface area contributed by atoms with E-state index in [1.807, 2.05) is 39.3 Å². The SMILES string of the molecule is CN(C)CNC(=O)c1cnc2c(ccn2CN(C)C)c1N[C@H]1CC[C@]2(O)CCC[C@H]1C2. The first-order valence-corrected chi connectivity index (χ1v) is 11.3. The lowest BCUT2D eigenvalue weighted by Crippen LogP contribution is -2.47. The first-order chi connectivity index (χ1) is 14.8. The second-order valence-electron chi connectivity index (χ2n) is 9.90. The van der Waals surface area contributed by atoms with Crippen LogP contribution in [0.4, 0.5) is 5.69 Å². The Morgan fingerprint density at radius 1 is 1.26 bits per heavy atom. The lowest BCUT2D eigenvalue weighted by atomic mass is 9.67. The number of carbonyl (C=O) groups is 1. The van der Waals surface area contributed by atoms with Crippen LogP contribution in [0.25, 0.3) is 11.0 Å². The largest absolute Gasteiger partial charge is 0.390 e. The van der Waals surface area contributed by atoms with Crippen molar-refractivity contribution in [3.05, 3.63) is 24.0 Å². The van der Waals surface area contributed by atoms with Gasteiger partial charge in [0, 0.05) is 23.8 Å². The fourth-order valence-corrected chi connectivity index (χ4v) is 5.20. The Morgan fingerprint density at radius 3 is 2.81 bits per heavy atom. The van der Waals surface area contributed by atoms with Crippen LogP contribution in [0.15, 0.2) is 18.5 Å². The normalized spacial score (nSPS) is 25.9. The highest BCUT2D eigenvalue weighted by Gasteiger charge is 2.42. The van der Waals surface area contributed by atoms with E-state index in [-0.39, 0.29) is 11.9 Å². The first-order valence-electron chi connectivity index (χ1n) is 11.3. The first kappa shape index (κ1) is 22.0. The molecule has 0 radical (unpaired) electrons. The van der Waals surface area contributed by atoms with Crippen molar-refractivity contribution in [2.45, 2.75) is 56.8 Å². The molecule has 2 bridgehead atoms. The van der Waals surface area contributed by atoms with Gasteiger partial charge in [0.25, 0.3) is 5.91 Å². The minimum atomic E-state index is -0.490. The molecule has 2 aromatic heterocycles. The van der Waals surface area contributed by atoms with Crippen molar-refractivity contribution in [2.75, 3.05) is 40.2 Å². The van der Waals surface area contributed by atoms with Crippen LogP contribution in [0, 0.1) is 5.92 Å². The summed E-state index contributed by atoms with van der Waals surface area (Å²) < 4.78 is 2.10. The number of aliphatic hydroxyl groups is 1. The Morgan fingerprint density at radius 2 is 2.06 bits per heavy atom. The quantitative estimate of drug-likeness (QED) is 0.587. The number of nitrogens with one attached hydrogen (secondary N) is 2. The average Bonchev–Trinajstić information content (AvgIpc) is 3.11. The van der Waals surface area contributed by atoms with Crippen LogP contribution in [0.5, 0.6) is 0 Å².